The van der Waals surface area contributed by atoms with Crippen molar-refractivity contribution < 1.29 is 9.47 Å². The van der Waals surface area contributed by atoms with Crippen LogP contribution in [0.15, 0.2) is 66.9 Å². The van der Waals surface area contributed by atoms with Gasteiger partial charge in [-0.3, -0.25) is 4.98 Å². The van der Waals surface area contributed by atoms with Gasteiger partial charge >= 0.3 is 0 Å². The highest BCUT2D eigenvalue weighted by Gasteiger charge is 2.43. The van der Waals surface area contributed by atoms with Crippen LogP contribution in [0.5, 0.6) is 11.5 Å². The first-order chi connectivity index (χ1) is 17.8. The molecule has 5 rings (SSSR count). The van der Waals surface area contributed by atoms with E-state index >= 15 is 0 Å². The summed E-state index contributed by atoms with van der Waals surface area (Å²) in [6.45, 7) is 8.67. The smallest absolute Gasteiger partial charge is 0.174 e. The van der Waals surface area contributed by atoms with Crippen LogP contribution in [0.3, 0.4) is 0 Å². The Kier molecular flexibility index (Phi) is 6.65. The Morgan fingerprint density at radius 3 is 2.41 bits per heavy atom. The predicted molar refractivity (Wildman–Crippen MR) is 152 cm³/mol. The Labute approximate surface area is 223 Å². The van der Waals surface area contributed by atoms with Gasteiger partial charge in [0.2, 0.25) is 0 Å². The Balaban J connectivity index is 1.73. The van der Waals surface area contributed by atoms with E-state index in [-0.39, 0.29) is 12.1 Å². The minimum atomic E-state index is -0.159. The minimum Gasteiger partial charge on any atom is -0.497 e. The van der Waals surface area contributed by atoms with Crippen LogP contribution in [0.4, 0.5) is 5.69 Å². The van der Waals surface area contributed by atoms with E-state index in [2.05, 4.69) is 66.7 Å². The highest BCUT2D eigenvalue weighted by atomic mass is 32.1. The number of aromatic nitrogens is 2. The van der Waals surface area contributed by atoms with Crippen molar-refractivity contribution in [2.75, 3.05) is 19.1 Å². The SMILES string of the molecule is COc1ccc(OC)c(N2C(=S)N[C@H](c3ccccn3)[C@H]2c2cc(C)n(-c3cccc(C)c3C)c2C)c1. The number of methoxy groups -OCH3 is 2. The van der Waals surface area contributed by atoms with E-state index in [1.54, 1.807) is 14.2 Å². The lowest BCUT2D eigenvalue weighted by Gasteiger charge is -2.29. The van der Waals surface area contributed by atoms with Gasteiger partial charge in [-0.2, -0.15) is 0 Å². The van der Waals surface area contributed by atoms with Gasteiger partial charge in [-0.1, -0.05) is 18.2 Å². The molecule has 0 radical (unpaired) electrons. The fraction of sp³-hybridized carbons (Fsp3) is 0.267. The lowest BCUT2D eigenvalue weighted by Crippen LogP contribution is -2.30. The fourth-order valence-electron chi connectivity index (χ4n) is 5.35. The Morgan fingerprint density at radius 2 is 1.70 bits per heavy atom. The van der Waals surface area contributed by atoms with Gasteiger partial charge in [-0.15, -0.1) is 0 Å². The van der Waals surface area contributed by atoms with E-state index < -0.39 is 0 Å². The largest absolute Gasteiger partial charge is 0.497 e. The monoisotopic (exact) mass is 512 g/mol. The van der Waals surface area contributed by atoms with Crippen LogP contribution in [0.25, 0.3) is 5.69 Å². The molecule has 0 spiro atoms. The number of ether oxygens (including phenoxy) is 2. The Hall–Kier alpha value is -3.84. The number of thiocarbonyl (C=S) groups is 1. The van der Waals surface area contributed by atoms with Crippen molar-refractivity contribution in [1.29, 1.82) is 0 Å². The summed E-state index contributed by atoms with van der Waals surface area (Å²) in [5.74, 6) is 1.46. The standard InChI is InChI=1S/C30H32N4O2S/c1-18-10-9-12-25(20(18)3)33-19(2)16-23(21(33)4)29-28(24-11-7-8-15-31-24)32-30(37)34(29)26-17-22(35-5)13-14-27(26)36-6/h7-17,28-29H,1-6H3,(H,32,37)/t28-,29-/m1/s1. The zero-order valence-electron chi connectivity index (χ0n) is 22.1. The highest BCUT2D eigenvalue weighted by molar-refractivity contribution is 7.80. The molecule has 1 fully saturated rings. The van der Waals surface area contributed by atoms with Crippen LogP contribution in [0, 0.1) is 27.7 Å². The molecule has 0 amide bonds. The first kappa shape index (κ1) is 24.8. The first-order valence-corrected chi connectivity index (χ1v) is 12.7. The summed E-state index contributed by atoms with van der Waals surface area (Å²) in [6, 6.07) is 20.2. The van der Waals surface area contributed by atoms with Crippen molar-refractivity contribution in [3.05, 3.63) is 101 Å². The number of anilines is 1. The zero-order chi connectivity index (χ0) is 26.3. The summed E-state index contributed by atoms with van der Waals surface area (Å²) in [5, 5.41) is 4.18. The topological polar surface area (TPSA) is 51.6 Å². The average Bonchev–Trinajstić information content (AvgIpc) is 3.40. The van der Waals surface area contributed by atoms with Gasteiger partial charge in [0.1, 0.15) is 11.5 Å². The van der Waals surface area contributed by atoms with E-state index in [4.69, 9.17) is 26.7 Å². The third-order valence-electron chi connectivity index (χ3n) is 7.35. The molecule has 0 saturated carbocycles. The van der Waals surface area contributed by atoms with Gasteiger partial charge in [-0.05, 0) is 93.0 Å². The maximum absolute atomic E-state index is 5.96. The molecule has 1 N–H and O–H groups in total. The van der Waals surface area contributed by atoms with Crippen LogP contribution < -0.4 is 19.7 Å². The second-order valence-electron chi connectivity index (χ2n) is 9.42. The molecule has 1 aliphatic heterocycles. The van der Waals surface area contributed by atoms with Crippen molar-refractivity contribution in [2.45, 2.75) is 39.8 Å². The van der Waals surface area contributed by atoms with Crippen LogP contribution in [-0.2, 0) is 0 Å². The molecule has 3 heterocycles. The molecule has 190 valence electrons. The molecule has 4 aromatic rings. The number of benzene rings is 2. The van der Waals surface area contributed by atoms with Crippen LogP contribution in [-0.4, -0.2) is 28.9 Å². The third-order valence-corrected chi connectivity index (χ3v) is 7.66. The molecule has 2 aromatic heterocycles. The molecule has 7 heteroatoms. The van der Waals surface area contributed by atoms with Gasteiger partial charge in [0.15, 0.2) is 5.11 Å². The predicted octanol–water partition coefficient (Wildman–Crippen LogP) is 6.30. The molecule has 2 aromatic carbocycles. The lowest BCUT2D eigenvalue weighted by atomic mass is 9.96. The maximum Gasteiger partial charge on any atom is 0.174 e. The summed E-state index contributed by atoms with van der Waals surface area (Å²) in [6.07, 6.45) is 1.82. The van der Waals surface area contributed by atoms with E-state index in [1.165, 1.54) is 22.4 Å². The molecule has 0 unspecified atom stereocenters. The number of aryl methyl sites for hydroxylation is 2. The van der Waals surface area contributed by atoms with Crippen molar-refractivity contribution in [2.24, 2.45) is 0 Å². The summed E-state index contributed by atoms with van der Waals surface area (Å²) in [7, 11) is 3.34. The molecule has 37 heavy (non-hydrogen) atoms. The number of hydrogen-bond acceptors (Lipinski definition) is 4. The molecule has 0 aliphatic carbocycles. The lowest BCUT2D eigenvalue weighted by molar-refractivity contribution is 0.403. The van der Waals surface area contributed by atoms with Gasteiger partial charge < -0.3 is 24.3 Å². The minimum absolute atomic E-state index is 0.155. The summed E-state index contributed by atoms with van der Waals surface area (Å²) >= 11 is 5.96. The van der Waals surface area contributed by atoms with E-state index in [1.807, 2.05) is 42.6 Å². The van der Waals surface area contributed by atoms with E-state index in [9.17, 15) is 0 Å². The first-order valence-electron chi connectivity index (χ1n) is 12.3. The quantitative estimate of drug-likeness (QED) is 0.306. The van der Waals surface area contributed by atoms with E-state index in [0.717, 1.165) is 34.3 Å². The molecule has 1 saturated heterocycles. The van der Waals surface area contributed by atoms with Gasteiger partial charge in [-0.25, -0.2) is 0 Å². The summed E-state index contributed by atoms with van der Waals surface area (Å²) in [4.78, 5) is 6.85. The number of pyridine rings is 1. The van der Waals surface area contributed by atoms with Gasteiger partial charge in [0, 0.05) is 29.3 Å². The van der Waals surface area contributed by atoms with Crippen molar-refractivity contribution in [3.8, 4) is 17.2 Å². The normalized spacial score (nSPS) is 17.1. The second kappa shape index (κ2) is 9.90. The number of nitrogens with zero attached hydrogens (tertiary/aromatic N) is 3. The van der Waals surface area contributed by atoms with Crippen LogP contribution in [0.1, 0.15) is 45.9 Å². The molecule has 6 nitrogen and oxygen atoms in total. The number of rotatable bonds is 6. The van der Waals surface area contributed by atoms with Crippen molar-refractivity contribution in [1.82, 2.24) is 14.9 Å². The van der Waals surface area contributed by atoms with Crippen LogP contribution in [0.2, 0.25) is 0 Å². The van der Waals surface area contributed by atoms with Crippen molar-refractivity contribution in [3.63, 3.8) is 0 Å². The average molecular weight is 513 g/mol. The van der Waals surface area contributed by atoms with Gasteiger partial charge in [0.05, 0.1) is 37.7 Å². The Morgan fingerprint density at radius 1 is 0.892 bits per heavy atom. The van der Waals surface area contributed by atoms with Gasteiger partial charge in [0.25, 0.3) is 0 Å². The number of hydrogen-bond donors (Lipinski definition) is 1. The number of nitrogens with one attached hydrogen (secondary N) is 1. The second-order valence-corrected chi connectivity index (χ2v) is 9.80. The highest BCUT2D eigenvalue weighted by Crippen LogP contribution is 2.47. The molecule has 1 aliphatic rings. The third kappa shape index (κ3) is 4.23. The van der Waals surface area contributed by atoms with E-state index in [0.29, 0.717) is 5.11 Å². The zero-order valence-corrected chi connectivity index (χ0v) is 22.9. The molecule has 0 bridgehead atoms. The molecular formula is C30H32N4O2S. The Bertz CT molecular complexity index is 1460. The van der Waals surface area contributed by atoms with Crippen molar-refractivity contribution >= 4 is 23.0 Å². The fourth-order valence-corrected chi connectivity index (χ4v) is 5.69. The summed E-state index contributed by atoms with van der Waals surface area (Å²) in [5.41, 5.74) is 9.00. The van der Waals surface area contributed by atoms with Crippen LogP contribution >= 0.6 is 12.2 Å². The maximum atomic E-state index is 5.96. The summed E-state index contributed by atoms with van der Waals surface area (Å²) < 4.78 is 13.7. The molecule has 2 atom stereocenters. The molecular weight excluding hydrogens is 480 g/mol.